The molecule has 22 heavy (non-hydrogen) atoms. The summed E-state index contributed by atoms with van der Waals surface area (Å²) in [4.78, 5) is 11.7. The number of nitrogens with two attached hydrogens (primary N) is 1. The van der Waals surface area contributed by atoms with E-state index in [0.29, 0.717) is 17.1 Å². The van der Waals surface area contributed by atoms with Gasteiger partial charge in [0, 0.05) is 18.2 Å². The van der Waals surface area contributed by atoms with Crippen LogP contribution < -0.4 is 15.2 Å². The summed E-state index contributed by atoms with van der Waals surface area (Å²) in [5.74, 6) is -0.913. The lowest BCUT2D eigenvalue weighted by molar-refractivity contribution is -0.143. The maximum absolute atomic E-state index is 12.3. The van der Waals surface area contributed by atoms with Crippen LogP contribution in [0.15, 0.2) is 18.2 Å². The standard InChI is InChI=1S/C14H17NO6S/c1-2-22(18,19)12-11(14(12,6-15)13(16)17)8-3-4-9-10(5-8)21-7-20-9/h3-5,11-12H,2,6-7,15H2,1H3,(H,16,17)/t11-,12-,14+/m0/s1. The Bertz CT molecular complexity index is 731. The smallest absolute Gasteiger partial charge is 0.312 e. The van der Waals surface area contributed by atoms with Gasteiger partial charge in [0.15, 0.2) is 21.3 Å². The van der Waals surface area contributed by atoms with Crippen LogP contribution in [-0.4, -0.2) is 43.8 Å². The van der Waals surface area contributed by atoms with E-state index >= 15 is 0 Å². The van der Waals surface area contributed by atoms with Crippen molar-refractivity contribution in [1.29, 1.82) is 0 Å². The van der Waals surface area contributed by atoms with Gasteiger partial charge in [0.2, 0.25) is 6.79 Å². The number of carbonyl (C=O) groups is 1. The second-order valence-electron chi connectivity index (χ2n) is 5.51. The van der Waals surface area contributed by atoms with E-state index in [9.17, 15) is 18.3 Å². The Kier molecular flexibility index (Phi) is 3.33. The van der Waals surface area contributed by atoms with Crippen molar-refractivity contribution in [3.05, 3.63) is 23.8 Å². The second kappa shape index (κ2) is 4.85. The number of hydrogen-bond donors (Lipinski definition) is 2. The third-order valence-corrected chi connectivity index (χ3v) is 6.81. The molecule has 1 aromatic carbocycles. The Morgan fingerprint density at radius 1 is 1.41 bits per heavy atom. The SMILES string of the molecule is CCS(=O)(=O)[C@H]1[C@H](c2ccc3c(c2)OCO3)[C@@]1(CN)C(=O)O. The van der Waals surface area contributed by atoms with Crippen molar-refractivity contribution in [1.82, 2.24) is 0 Å². The molecule has 0 spiro atoms. The fourth-order valence-corrected chi connectivity index (χ4v) is 5.36. The molecule has 1 aliphatic carbocycles. The first-order valence-electron chi connectivity index (χ1n) is 6.93. The Labute approximate surface area is 127 Å². The molecule has 8 heteroatoms. The van der Waals surface area contributed by atoms with Crippen LogP contribution in [0.5, 0.6) is 11.5 Å². The van der Waals surface area contributed by atoms with Gasteiger partial charge in [0.25, 0.3) is 0 Å². The molecule has 0 aromatic heterocycles. The highest BCUT2D eigenvalue weighted by molar-refractivity contribution is 7.92. The van der Waals surface area contributed by atoms with Gasteiger partial charge in [-0.25, -0.2) is 8.42 Å². The molecule has 3 N–H and O–H groups in total. The van der Waals surface area contributed by atoms with E-state index < -0.39 is 32.4 Å². The molecule has 1 heterocycles. The molecule has 1 fully saturated rings. The van der Waals surface area contributed by atoms with E-state index in [1.807, 2.05) is 0 Å². The molecule has 1 aromatic rings. The number of rotatable bonds is 5. The molecule has 0 unspecified atom stereocenters. The highest BCUT2D eigenvalue weighted by atomic mass is 32.2. The summed E-state index contributed by atoms with van der Waals surface area (Å²) in [6.07, 6.45) is 0. The number of carboxylic acids is 1. The highest BCUT2D eigenvalue weighted by Crippen LogP contribution is 2.63. The van der Waals surface area contributed by atoms with Crippen molar-refractivity contribution in [2.45, 2.75) is 18.1 Å². The number of benzene rings is 1. The lowest BCUT2D eigenvalue weighted by Crippen LogP contribution is -2.32. The van der Waals surface area contributed by atoms with Gasteiger partial charge in [-0.1, -0.05) is 13.0 Å². The maximum Gasteiger partial charge on any atom is 0.312 e. The van der Waals surface area contributed by atoms with E-state index in [1.54, 1.807) is 18.2 Å². The van der Waals surface area contributed by atoms with Crippen LogP contribution in [0.1, 0.15) is 18.4 Å². The van der Waals surface area contributed by atoms with Crippen molar-refractivity contribution >= 4 is 15.8 Å². The van der Waals surface area contributed by atoms with Gasteiger partial charge >= 0.3 is 5.97 Å². The summed E-state index contributed by atoms with van der Waals surface area (Å²) in [5, 5.41) is 8.55. The first-order valence-corrected chi connectivity index (χ1v) is 8.64. The maximum atomic E-state index is 12.3. The van der Waals surface area contributed by atoms with Crippen molar-refractivity contribution in [3.8, 4) is 11.5 Å². The van der Waals surface area contributed by atoms with Gasteiger partial charge in [-0.2, -0.15) is 0 Å². The average molecular weight is 327 g/mol. The fraction of sp³-hybridized carbons (Fsp3) is 0.500. The third kappa shape index (κ3) is 1.90. The lowest BCUT2D eigenvalue weighted by Gasteiger charge is -2.09. The van der Waals surface area contributed by atoms with Crippen LogP contribution in [0.2, 0.25) is 0 Å². The molecule has 7 nitrogen and oxygen atoms in total. The molecule has 2 aliphatic rings. The molecule has 0 amide bonds. The minimum atomic E-state index is -3.53. The van der Waals surface area contributed by atoms with Crippen LogP contribution in [0.3, 0.4) is 0 Å². The normalized spacial score (nSPS) is 29.4. The monoisotopic (exact) mass is 327 g/mol. The summed E-state index contributed by atoms with van der Waals surface area (Å²) in [6.45, 7) is 1.37. The zero-order valence-electron chi connectivity index (χ0n) is 12.0. The molecule has 0 radical (unpaired) electrons. The topological polar surface area (TPSA) is 116 Å². The summed E-state index contributed by atoms with van der Waals surface area (Å²) < 4.78 is 35.1. The number of aliphatic carboxylic acids is 1. The minimum absolute atomic E-state index is 0.0983. The predicted octanol–water partition coefficient (Wildman–Crippen LogP) is 0.345. The quantitative estimate of drug-likeness (QED) is 0.801. The van der Waals surface area contributed by atoms with Gasteiger partial charge in [-0.05, 0) is 17.7 Å². The first-order chi connectivity index (χ1) is 10.4. The van der Waals surface area contributed by atoms with Crippen LogP contribution in [-0.2, 0) is 14.6 Å². The van der Waals surface area contributed by atoms with Crippen LogP contribution in [0.25, 0.3) is 0 Å². The highest BCUT2D eigenvalue weighted by Gasteiger charge is 2.74. The molecule has 120 valence electrons. The van der Waals surface area contributed by atoms with E-state index in [4.69, 9.17) is 15.2 Å². The summed E-state index contributed by atoms with van der Waals surface area (Å²) in [7, 11) is -3.53. The molecular weight excluding hydrogens is 310 g/mol. The minimum Gasteiger partial charge on any atom is -0.481 e. The second-order valence-corrected chi connectivity index (χ2v) is 7.92. The van der Waals surface area contributed by atoms with Crippen molar-refractivity contribution in [3.63, 3.8) is 0 Å². The van der Waals surface area contributed by atoms with Gasteiger partial charge in [0.1, 0.15) is 5.41 Å². The molecular formula is C14H17NO6S. The number of fused-ring (bicyclic) bond motifs is 1. The Hall–Kier alpha value is -1.80. The largest absolute Gasteiger partial charge is 0.481 e. The number of hydrogen-bond acceptors (Lipinski definition) is 6. The summed E-state index contributed by atoms with van der Waals surface area (Å²) >= 11 is 0. The van der Waals surface area contributed by atoms with E-state index in [-0.39, 0.29) is 19.1 Å². The summed E-state index contributed by atoms with van der Waals surface area (Å²) in [5.41, 5.74) is 4.78. The molecule has 1 aliphatic heterocycles. The number of carboxylic acid groups (broad SMARTS) is 1. The van der Waals surface area contributed by atoms with Crippen LogP contribution >= 0.6 is 0 Å². The molecule has 3 atom stereocenters. The fourth-order valence-electron chi connectivity index (χ4n) is 3.28. The van der Waals surface area contributed by atoms with Gasteiger partial charge < -0.3 is 20.3 Å². The Morgan fingerprint density at radius 2 is 2.09 bits per heavy atom. The summed E-state index contributed by atoms with van der Waals surface area (Å²) in [6, 6.07) is 4.98. The molecule has 0 bridgehead atoms. The predicted molar refractivity (Wildman–Crippen MR) is 77.7 cm³/mol. The van der Waals surface area contributed by atoms with E-state index in [1.165, 1.54) is 6.92 Å². The number of ether oxygens (including phenoxy) is 2. The van der Waals surface area contributed by atoms with Gasteiger partial charge in [-0.3, -0.25) is 4.79 Å². The van der Waals surface area contributed by atoms with E-state index in [0.717, 1.165) is 0 Å². The number of sulfone groups is 1. The van der Waals surface area contributed by atoms with Crippen LogP contribution in [0.4, 0.5) is 0 Å². The Morgan fingerprint density at radius 3 is 2.68 bits per heavy atom. The van der Waals surface area contributed by atoms with Crippen molar-refractivity contribution < 1.29 is 27.8 Å². The van der Waals surface area contributed by atoms with Crippen LogP contribution in [0, 0.1) is 5.41 Å². The first kappa shape index (κ1) is 15.1. The van der Waals surface area contributed by atoms with E-state index in [2.05, 4.69) is 0 Å². The van der Waals surface area contributed by atoms with Crippen molar-refractivity contribution in [2.75, 3.05) is 19.1 Å². The molecule has 3 rings (SSSR count). The molecule has 1 saturated carbocycles. The zero-order chi connectivity index (χ0) is 16.1. The zero-order valence-corrected chi connectivity index (χ0v) is 12.8. The van der Waals surface area contributed by atoms with Crippen molar-refractivity contribution in [2.24, 2.45) is 11.1 Å². The average Bonchev–Trinajstić information content (AvgIpc) is 3.00. The third-order valence-electron chi connectivity index (χ3n) is 4.54. The molecule has 0 saturated heterocycles. The van der Waals surface area contributed by atoms with Gasteiger partial charge in [-0.15, -0.1) is 0 Å². The van der Waals surface area contributed by atoms with Gasteiger partial charge in [0.05, 0.1) is 5.25 Å². The Balaban J connectivity index is 2.06. The lowest BCUT2D eigenvalue weighted by atomic mass is 9.99.